The van der Waals surface area contributed by atoms with Crippen molar-refractivity contribution in [1.82, 2.24) is 10.2 Å². The molecule has 6 heteroatoms. The maximum absolute atomic E-state index is 12.9. The van der Waals surface area contributed by atoms with E-state index in [0.29, 0.717) is 35.7 Å². The van der Waals surface area contributed by atoms with Crippen molar-refractivity contribution in [3.8, 4) is 11.5 Å². The van der Waals surface area contributed by atoms with Gasteiger partial charge in [-0.1, -0.05) is 32.9 Å². The van der Waals surface area contributed by atoms with E-state index in [2.05, 4.69) is 26.1 Å². The Morgan fingerprint density at radius 2 is 1.48 bits per heavy atom. The molecule has 0 unspecified atom stereocenters. The number of carbonyl (C=O) groups excluding carboxylic acids is 2. The summed E-state index contributed by atoms with van der Waals surface area (Å²) in [5, 5.41) is 3.07. The number of likely N-dealkylation sites (tertiary alicyclic amines) is 1. The molecule has 0 radical (unpaired) electrons. The van der Waals surface area contributed by atoms with E-state index in [1.54, 1.807) is 32.4 Å². The molecular weight excluding hydrogens is 392 g/mol. The normalized spacial score (nSPS) is 14.8. The average Bonchev–Trinajstić information content (AvgIpc) is 2.78. The fourth-order valence-electron chi connectivity index (χ4n) is 3.77. The predicted octanol–water partition coefficient (Wildman–Crippen LogP) is 4.04. The van der Waals surface area contributed by atoms with Crippen LogP contribution in [-0.4, -0.2) is 50.1 Å². The van der Waals surface area contributed by atoms with Crippen LogP contribution in [0, 0.1) is 0 Å². The van der Waals surface area contributed by atoms with Gasteiger partial charge in [-0.2, -0.15) is 0 Å². The van der Waals surface area contributed by atoms with Gasteiger partial charge in [-0.25, -0.2) is 0 Å². The monoisotopic (exact) mass is 424 g/mol. The first-order valence-corrected chi connectivity index (χ1v) is 10.7. The molecule has 0 saturated carbocycles. The minimum absolute atomic E-state index is 0.0351. The zero-order chi connectivity index (χ0) is 22.6. The van der Waals surface area contributed by atoms with Gasteiger partial charge in [-0.15, -0.1) is 0 Å². The van der Waals surface area contributed by atoms with E-state index < -0.39 is 0 Å². The van der Waals surface area contributed by atoms with Gasteiger partial charge in [0.15, 0.2) is 11.5 Å². The third kappa shape index (κ3) is 5.37. The molecule has 1 saturated heterocycles. The van der Waals surface area contributed by atoms with Crippen molar-refractivity contribution in [3.63, 3.8) is 0 Å². The first-order valence-electron chi connectivity index (χ1n) is 10.7. The largest absolute Gasteiger partial charge is 0.493 e. The van der Waals surface area contributed by atoms with Gasteiger partial charge in [0, 0.05) is 30.3 Å². The second-order valence-corrected chi connectivity index (χ2v) is 8.94. The van der Waals surface area contributed by atoms with Gasteiger partial charge in [0.05, 0.1) is 14.2 Å². The summed E-state index contributed by atoms with van der Waals surface area (Å²) in [7, 11) is 3.11. The molecule has 3 rings (SSSR count). The summed E-state index contributed by atoms with van der Waals surface area (Å²) >= 11 is 0. The van der Waals surface area contributed by atoms with Gasteiger partial charge in [0.2, 0.25) is 0 Å². The van der Waals surface area contributed by atoms with Gasteiger partial charge in [0.25, 0.3) is 11.8 Å². The van der Waals surface area contributed by atoms with Crippen LogP contribution in [0.25, 0.3) is 0 Å². The van der Waals surface area contributed by atoms with Crippen molar-refractivity contribution in [2.75, 3.05) is 27.3 Å². The van der Waals surface area contributed by atoms with Crippen molar-refractivity contribution in [2.45, 2.75) is 45.1 Å². The molecule has 0 spiro atoms. The quantitative estimate of drug-likeness (QED) is 0.787. The Morgan fingerprint density at radius 3 is 2.03 bits per heavy atom. The van der Waals surface area contributed by atoms with Gasteiger partial charge < -0.3 is 19.7 Å². The van der Waals surface area contributed by atoms with Gasteiger partial charge >= 0.3 is 0 Å². The zero-order valence-electron chi connectivity index (χ0n) is 19.0. The number of ether oxygens (including phenoxy) is 2. The summed E-state index contributed by atoms with van der Waals surface area (Å²) in [6.07, 6.45) is 1.45. The van der Waals surface area contributed by atoms with Crippen LogP contribution >= 0.6 is 0 Å². The smallest absolute Gasteiger partial charge is 0.253 e. The lowest BCUT2D eigenvalue weighted by Gasteiger charge is -2.32. The highest BCUT2D eigenvalue weighted by molar-refractivity contribution is 5.95. The Morgan fingerprint density at radius 1 is 0.903 bits per heavy atom. The van der Waals surface area contributed by atoms with Gasteiger partial charge in [0.1, 0.15) is 0 Å². The maximum Gasteiger partial charge on any atom is 0.253 e. The molecule has 0 aliphatic carbocycles. The Hall–Kier alpha value is -3.02. The number of benzene rings is 2. The second kappa shape index (κ2) is 9.41. The number of piperidine rings is 1. The van der Waals surface area contributed by atoms with Crippen molar-refractivity contribution >= 4 is 11.8 Å². The molecule has 166 valence electrons. The number of nitrogens with zero attached hydrogens (tertiary/aromatic N) is 1. The lowest BCUT2D eigenvalue weighted by atomic mass is 9.86. The summed E-state index contributed by atoms with van der Waals surface area (Å²) < 4.78 is 10.5. The van der Waals surface area contributed by atoms with Gasteiger partial charge in [-0.05, 0) is 54.2 Å². The molecule has 1 N–H and O–H groups in total. The summed E-state index contributed by atoms with van der Waals surface area (Å²) in [4.78, 5) is 27.4. The van der Waals surface area contributed by atoms with E-state index >= 15 is 0 Å². The Balaban J connectivity index is 1.56. The third-order valence-electron chi connectivity index (χ3n) is 5.76. The van der Waals surface area contributed by atoms with E-state index in [1.165, 1.54) is 5.56 Å². The van der Waals surface area contributed by atoms with E-state index in [-0.39, 0.29) is 23.3 Å². The van der Waals surface area contributed by atoms with E-state index in [9.17, 15) is 9.59 Å². The lowest BCUT2D eigenvalue weighted by Crippen LogP contribution is -2.46. The molecule has 1 heterocycles. The van der Waals surface area contributed by atoms with E-state index in [0.717, 1.165) is 12.8 Å². The van der Waals surface area contributed by atoms with Crippen LogP contribution in [0.15, 0.2) is 42.5 Å². The van der Waals surface area contributed by atoms with E-state index in [4.69, 9.17) is 9.47 Å². The highest BCUT2D eigenvalue weighted by atomic mass is 16.5. The summed E-state index contributed by atoms with van der Waals surface area (Å²) in [5.74, 6) is 1.00. The molecule has 2 aromatic rings. The molecule has 1 aliphatic heterocycles. The first kappa shape index (κ1) is 22.7. The molecule has 2 amide bonds. The van der Waals surface area contributed by atoms with Crippen LogP contribution in [0.1, 0.15) is 59.9 Å². The average molecular weight is 425 g/mol. The standard InChI is InChI=1S/C25H32N2O4/c1-25(2,3)19-9-6-17(7-10-19)24(29)27-14-12-20(13-15-27)26-23(28)18-8-11-21(30-4)22(16-18)31-5/h6-11,16,20H,12-15H2,1-5H3,(H,26,28). The summed E-state index contributed by atoms with van der Waals surface area (Å²) in [6, 6.07) is 13.0. The molecule has 2 aromatic carbocycles. The minimum Gasteiger partial charge on any atom is -0.493 e. The highest BCUT2D eigenvalue weighted by Crippen LogP contribution is 2.28. The van der Waals surface area contributed by atoms with Crippen molar-refractivity contribution < 1.29 is 19.1 Å². The lowest BCUT2D eigenvalue weighted by molar-refractivity contribution is 0.0698. The fraction of sp³-hybridized carbons (Fsp3) is 0.440. The number of rotatable bonds is 5. The Labute approximate surface area is 184 Å². The molecule has 6 nitrogen and oxygen atoms in total. The maximum atomic E-state index is 12.9. The molecule has 0 atom stereocenters. The van der Waals surface area contributed by atoms with Crippen molar-refractivity contribution in [3.05, 3.63) is 59.2 Å². The first-order chi connectivity index (χ1) is 14.7. The summed E-state index contributed by atoms with van der Waals surface area (Å²) in [5.41, 5.74) is 2.50. The number of nitrogens with one attached hydrogen (secondary N) is 1. The predicted molar refractivity (Wildman–Crippen MR) is 121 cm³/mol. The number of carbonyl (C=O) groups is 2. The van der Waals surface area contributed by atoms with Crippen molar-refractivity contribution in [1.29, 1.82) is 0 Å². The second-order valence-electron chi connectivity index (χ2n) is 8.94. The number of hydrogen-bond donors (Lipinski definition) is 1. The number of methoxy groups -OCH3 is 2. The number of amides is 2. The molecular formula is C25H32N2O4. The summed E-state index contributed by atoms with van der Waals surface area (Å²) in [6.45, 7) is 7.72. The Bertz CT molecular complexity index is 924. The molecule has 31 heavy (non-hydrogen) atoms. The number of hydrogen-bond acceptors (Lipinski definition) is 4. The van der Waals surface area contributed by atoms with Crippen LogP contribution in [0.4, 0.5) is 0 Å². The fourth-order valence-corrected chi connectivity index (χ4v) is 3.77. The zero-order valence-corrected chi connectivity index (χ0v) is 19.0. The topological polar surface area (TPSA) is 67.9 Å². The van der Waals surface area contributed by atoms with Crippen LogP contribution < -0.4 is 14.8 Å². The van der Waals surface area contributed by atoms with Gasteiger partial charge in [-0.3, -0.25) is 9.59 Å². The molecule has 1 fully saturated rings. The van der Waals surface area contributed by atoms with Crippen LogP contribution in [-0.2, 0) is 5.41 Å². The van der Waals surface area contributed by atoms with Crippen molar-refractivity contribution in [2.24, 2.45) is 0 Å². The molecule has 1 aliphatic rings. The highest BCUT2D eigenvalue weighted by Gasteiger charge is 2.25. The SMILES string of the molecule is COc1ccc(C(=O)NC2CCN(C(=O)c3ccc(C(C)(C)C)cc3)CC2)cc1OC. The minimum atomic E-state index is -0.150. The van der Waals surface area contributed by atoms with Crippen LogP contribution in [0.3, 0.4) is 0 Å². The molecule has 0 bridgehead atoms. The Kier molecular flexibility index (Phi) is 6.88. The van der Waals surface area contributed by atoms with Crippen LogP contribution in [0.5, 0.6) is 11.5 Å². The van der Waals surface area contributed by atoms with E-state index in [1.807, 2.05) is 29.2 Å². The molecule has 0 aromatic heterocycles. The third-order valence-corrected chi connectivity index (χ3v) is 5.76. The van der Waals surface area contributed by atoms with Crippen LogP contribution in [0.2, 0.25) is 0 Å².